The molecule has 1 heterocycles. The summed E-state index contributed by atoms with van der Waals surface area (Å²) in [5.41, 5.74) is -4.53. The van der Waals surface area contributed by atoms with Crippen LogP contribution in [0, 0.1) is 0 Å². The van der Waals surface area contributed by atoms with E-state index in [4.69, 9.17) is 3.63 Å². The van der Waals surface area contributed by atoms with Crippen LogP contribution in [0.5, 0.6) is 0 Å². The lowest BCUT2D eigenvalue weighted by molar-refractivity contribution is -0.0496. The minimum absolute atomic E-state index is 0.287. The van der Waals surface area contributed by atoms with Crippen LogP contribution in [0.15, 0.2) is 30.3 Å². The molecule has 1 aliphatic heterocycles. The molecule has 1 saturated heterocycles. The van der Waals surface area contributed by atoms with Gasteiger partial charge in [-0.3, -0.25) is 0 Å². The van der Waals surface area contributed by atoms with Crippen molar-refractivity contribution in [3.8, 4) is 0 Å². The summed E-state index contributed by atoms with van der Waals surface area (Å²) in [6.45, 7) is 0. The van der Waals surface area contributed by atoms with Crippen molar-refractivity contribution in [1.29, 1.82) is 0 Å². The van der Waals surface area contributed by atoms with Crippen molar-refractivity contribution in [3.63, 3.8) is 0 Å². The molecular formula is C13H17F3O3S2. The molecule has 0 saturated carbocycles. The fourth-order valence-electron chi connectivity index (χ4n) is 2.56. The third-order valence-corrected chi connectivity index (χ3v) is 8.91. The summed E-state index contributed by atoms with van der Waals surface area (Å²) < 4.78 is 65.2. The first-order chi connectivity index (χ1) is 9.66. The second kappa shape index (κ2) is 5.81. The Bertz CT molecular complexity index is 586. The van der Waals surface area contributed by atoms with E-state index in [2.05, 4.69) is 0 Å². The Balaban J connectivity index is 2.33. The number of halogens is 3. The molecule has 3 nitrogen and oxygen atoms in total. The van der Waals surface area contributed by atoms with Gasteiger partial charge in [-0.05, 0) is 24.7 Å². The first-order valence-corrected chi connectivity index (χ1v) is 10.1. The van der Waals surface area contributed by atoms with Crippen LogP contribution in [-0.4, -0.2) is 25.9 Å². The van der Waals surface area contributed by atoms with Crippen LogP contribution in [0.3, 0.4) is 0 Å². The molecule has 0 spiro atoms. The highest BCUT2D eigenvalue weighted by Crippen LogP contribution is 2.64. The van der Waals surface area contributed by atoms with Crippen LogP contribution >= 0.6 is 10.3 Å². The fraction of sp³-hybridized carbons (Fsp3) is 0.538. The summed E-state index contributed by atoms with van der Waals surface area (Å²) in [6, 6.07) is 9.02. The third-order valence-electron chi connectivity index (χ3n) is 3.57. The Morgan fingerprint density at radius 2 is 1.81 bits per heavy atom. The SMILES string of the molecule is CS1(OS(=O)(=O)C(F)(F)F)CCCCC1c1ccccc1. The zero-order valence-electron chi connectivity index (χ0n) is 11.5. The predicted octanol–water partition coefficient (Wildman–Crippen LogP) is 4.13. The van der Waals surface area contributed by atoms with Crippen LogP contribution in [0.4, 0.5) is 13.2 Å². The van der Waals surface area contributed by atoms with Gasteiger partial charge in [0, 0.05) is 11.0 Å². The highest BCUT2D eigenvalue weighted by molar-refractivity contribution is 8.32. The van der Waals surface area contributed by atoms with Gasteiger partial charge in [0.1, 0.15) is 0 Å². The monoisotopic (exact) mass is 342 g/mol. The maximum Gasteiger partial charge on any atom is 0.523 e. The topological polar surface area (TPSA) is 43.4 Å². The van der Waals surface area contributed by atoms with Gasteiger partial charge in [0.25, 0.3) is 0 Å². The lowest BCUT2D eigenvalue weighted by Crippen LogP contribution is -2.30. The molecule has 8 heteroatoms. The first kappa shape index (κ1) is 16.6. The van der Waals surface area contributed by atoms with E-state index in [-0.39, 0.29) is 5.25 Å². The zero-order valence-corrected chi connectivity index (χ0v) is 13.1. The van der Waals surface area contributed by atoms with Crippen molar-refractivity contribution in [3.05, 3.63) is 35.9 Å². The van der Waals surface area contributed by atoms with E-state index >= 15 is 0 Å². The molecule has 120 valence electrons. The molecule has 1 aliphatic rings. The number of rotatable bonds is 3. The molecule has 1 aromatic carbocycles. The lowest BCUT2D eigenvalue weighted by atomic mass is 10.1. The molecule has 21 heavy (non-hydrogen) atoms. The summed E-state index contributed by atoms with van der Waals surface area (Å²) >= 11 is 0. The lowest BCUT2D eigenvalue weighted by Gasteiger charge is -2.45. The van der Waals surface area contributed by atoms with Gasteiger partial charge >= 0.3 is 15.6 Å². The number of alkyl halides is 3. The summed E-state index contributed by atoms with van der Waals surface area (Å²) in [4.78, 5) is 0. The molecule has 0 aliphatic carbocycles. The van der Waals surface area contributed by atoms with E-state index in [1.54, 1.807) is 12.1 Å². The first-order valence-electron chi connectivity index (χ1n) is 6.48. The smallest absolute Gasteiger partial charge is 0.213 e. The normalized spacial score (nSPS) is 30.6. The minimum Gasteiger partial charge on any atom is -0.213 e. The summed E-state index contributed by atoms with van der Waals surface area (Å²) in [6.07, 6.45) is 3.72. The van der Waals surface area contributed by atoms with Gasteiger partial charge in [-0.15, -0.1) is 10.3 Å². The second-order valence-corrected chi connectivity index (χ2v) is 10.2. The van der Waals surface area contributed by atoms with Crippen LogP contribution < -0.4 is 0 Å². The van der Waals surface area contributed by atoms with Crippen LogP contribution in [0.1, 0.15) is 30.1 Å². The third kappa shape index (κ3) is 3.54. The average molecular weight is 342 g/mol. The highest BCUT2D eigenvalue weighted by Gasteiger charge is 2.51. The number of benzene rings is 1. The van der Waals surface area contributed by atoms with Crippen molar-refractivity contribution in [1.82, 2.24) is 0 Å². The van der Waals surface area contributed by atoms with E-state index in [0.29, 0.717) is 18.6 Å². The van der Waals surface area contributed by atoms with E-state index in [9.17, 15) is 21.6 Å². The molecule has 2 unspecified atom stereocenters. The Labute approximate surface area is 124 Å². The van der Waals surface area contributed by atoms with Crippen LogP contribution in [0.2, 0.25) is 0 Å². The van der Waals surface area contributed by atoms with E-state index in [1.807, 2.05) is 18.2 Å². The van der Waals surface area contributed by atoms with E-state index in [0.717, 1.165) is 12.0 Å². The Hall–Kier alpha value is -0.730. The molecule has 0 aromatic heterocycles. The van der Waals surface area contributed by atoms with E-state index < -0.39 is 25.9 Å². The highest BCUT2D eigenvalue weighted by atomic mass is 32.3. The number of hydrogen-bond donors (Lipinski definition) is 0. The minimum atomic E-state index is -5.56. The van der Waals surface area contributed by atoms with Crippen LogP contribution in [-0.2, 0) is 13.7 Å². The van der Waals surface area contributed by atoms with Gasteiger partial charge in [0.2, 0.25) is 0 Å². The largest absolute Gasteiger partial charge is 0.523 e. The molecule has 1 fully saturated rings. The fourth-order valence-corrected chi connectivity index (χ4v) is 7.61. The maximum atomic E-state index is 12.6. The summed E-state index contributed by atoms with van der Waals surface area (Å²) in [5.74, 6) is 0.363. The van der Waals surface area contributed by atoms with Gasteiger partial charge in [0.05, 0.1) is 0 Å². The van der Waals surface area contributed by atoms with Crippen molar-refractivity contribution in [2.75, 3.05) is 12.0 Å². The molecular weight excluding hydrogens is 325 g/mol. The summed E-state index contributed by atoms with van der Waals surface area (Å²) in [5, 5.41) is -0.287. The van der Waals surface area contributed by atoms with Gasteiger partial charge < -0.3 is 0 Å². The quantitative estimate of drug-likeness (QED) is 0.776. The zero-order chi connectivity index (χ0) is 15.7. The standard InChI is InChI=1S/C13H17F3O3S2/c1-20(19-21(17,18)13(14,15)16)10-6-5-9-12(20)11-7-3-2-4-8-11/h2-4,7-8,12H,5-6,9-10H2,1H3. The van der Waals surface area contributed by atoms with Crippen molar-refractivity contribution >= 4 is 20.4 Å². The molecule has 1 aromatic rings. The summed E-state index contributed by atoms with van der Waals surface area (Å²) in [7, 11) is -7.94. The van der Waals surface area contributed by atoms with Gasteiger partial charge in [-0.25, -0.2) is 3.63 Å². The van der Waals surface area contributed by atoms with Gasteiger partial charge in [-0.1, -0.05) is 36.8 Å². The van der Waals surface area contributed by atoms with Crippen molar-refractivity contribution in [2.45, 2.75) is 30.0 Å². The average Bonchev–Trinajstić information content (AvgIpc) is 2.38. The molecule has 2 rings (SSSR count). The second-order valence-electron chi connectivity index (χ2n) is 5.14. The Kier molecular flexibility index (Phi) is 4.60. The molecule has 0 bridgehead atoms. The van der Waals surface area contributed by atoms with Crippen molar-refractivity contribution in [2.24, 2.45) is 0 Å². The molecule has 2 atom stereocenters. The van der Waals surface area contributed by atoms with Gasteiger partial charge in [-0.2, -0.15) is 21.6 Å². The molecule has 0 radical (unpaired) electrons. The Morgan fingerprint density at radius 1 is 1.19 bits per heavy atom. The predicted molar refractivity (Wildman–Crippen MR) is 77.5 cm³/mol. The van der Waals surface area contributed by atoms with Crippen molar-refractivity contribution < 1.29 is 25.2 Å². The number of hydrogen-bond acceptors (Lipinski definition) is 3. The van der Waals surface area contributed by atoms with E-state index in [1.165, 1.54) is 6.26 Å². The molecule has 0 N–H and O–H groups in total. The Morgan fingerprint density at radius 3 is 2.38 bits per heavy atom. The van der Waals surface area contributed by atoms with Gasteiger partial charge in [0.15, 0.2) is 0 Å². The maximum absolute atomic E-state index is 12.6. The molecule has 0 amide bonds. The van der Waals surface area contributed by atoms with Crippen LogP contribution in [0.25, 0.3) is 0 Å².